The van der Waals surface area contributed by atoms with Gasteiger partial charge in [-0.3, -0.25) is 14.5 Å². The maximum atomic E-state index is 13.5. The third-order valence-corrected chi connectivity index (χ3v) is 6.01. The Morgan fingerprint density at radius 1 is 0.969 bits per heavy atom. The van der Waals surface area contributed by atoms with Crippen molar-refractivity contribution in [2.75, 3.05) is 24.6 Å². The lowest BCUT2D eigenvalue weighted by molar-refractivity contribution is -0.136. The van der Waals surface area contributed by atoms with Gasteiger partial charge in [-0.05, 0) is 48.1 Å². The summed E-state index contributed by atoms with van der Waals surface area (Å²) in [7, 11) is 0. The third-order valence-electron chi connectivity index (χ3n) is 6.01. The van der Waals surface area contributed by atoms with Crippen LogP contribution in [0.1, 0.15) is 51.2 Å². The highest BCUT2D eigenvalue weighted by molar-refractivity contribution is 6.36. The molecule has 0 aromatic heterocycles. The van der Waals surface area contributed by atoms with E-state index < -0.39 is 0 Å². The van der Waals surface area contributed by atoms with Crippen molar-refractivity contribution < 1.29 is 14.3 Å². The smallest absolute Gasteiger partial charge is 0.278 e. The van der Waals surface area contributed by atoms with Crippen molar-refractivity contribution in [2.45, 2.75) is 46.5 Å². The SMILES string of the molecule is CCCCCN1C(=O)C(c2ccc(OCC(C)C)cc2)=C(N2CCc3ccccc32)C1=O. The van der Waals surface area contributed by atoms with Crippen molar-refractivity contribution in [1.82, 2.24) is 4.90 Å². The van der Waals surface area contributed by atoms with Crippen LogP contribution in [0.2, 0.25) is 0 Å². The number of amides is 2. The van der Waals surface area contributed by atoms with Crippen LogP contribution in [0.5, 0.6) is 5.75 Å². The minimum atomic E-state index is -0.193. The van der Waals surface area contributed by atoms with Crippen LogP contribution in [0.15, 0.2) is 54.2 Å². The summed E-state index contributed by atoms with van der Waals surface area (Å²) in [5.74, 6) is 0.830. The molecule has 2 aliphatic rings. The Balaban J connectivity index is 1.71. The fraction of sp³-hybridized carbons (Fsp3) is 0.407. The number of imide groups is 1. The molecule has 5 heteroatoms. The van der Waals surface area contributed by atoms with E-state index in [2.05, 4.69) is 26.8 Å². The number of fused-ring (bicyclic) bond motifs is 1. The Morgan fingerprint density at radius 3 is 2.44 bits per heavy atom. The van der Waals surface area contributed by atoms with E-state index in [0.29, 0.717) is 36.9 Å². The third kappa shape index (κ3) is 4.29. The molecule has 2 aliphatic heterocycles. The predicted molar refractivity (Wildman–Crippen MR) is 127 cm³/mol. The molecule has 0 unspecified atom stereocenters. The van der Waals surface area contributed by atoms with Crippen LogP contribution in [0.4, 0.5) is 5.69 Å². The first-order valence-corrected chi connectivity index (χ1v) is 11.7. The summed E-state index contributed by atoms with van der Waals surface area (Å²) >= 11 is 0. The Hall–Kier alpha value is -3.08. The Labute approximate surface area is 190 Å². The van der Waals surface area contributed by atoms with Gasteiger partial charge in [-0.25, -0.2) is 0 Å². The van der Waals surface area contributed by atoms with Gasteiger partial charge in [0.1, 0.15) is 11.4 Å². The lowest BCUT2D eigenvalue weighted by Crippen LogP contribution is -2.35. The van der Waals surface area contributed by atoms with E-state index in [1.807, 2.05) is 47.4 Å². The van der Waals surface area contributed by atoms with Crippen molar-refractivity contribution >= 4 is 23.1 Å². The lowest BCUT2D eigenvalue weighted by Gasteiger charge is -2.21. The van der Waals surface area contributed by atoms with E-state index in [0.717, 1.165) is 42.7 Å². The quantitative estimate of drug-likeness (QED) is 0.411. The van der Waals surface area contributed by atoms with Crippen LogP contribution in [-0.4, -0.2) is 36.4 Å². The highest BCUT2D eigenvalue weighted by atomic mass is 16.5. The van der Waals surface area contributed by atoms with Crippen LogP contribution in [0, 0.1) is 5.92 Å². The van der Waals surface area contributed by atoms with Gasteiger partial charge in [0.15, 0.2) is 0 Å². The number of carbonyl (C=O) groups is 2. The number of carbonyl (C=O) groups excluding carboxylic acids is 2. The number of rotatable bonds is 9. The number of benzene rings is 2. The highest BCUT2D eigenvalue weighted by Crippen LogP contribution is 2.38. The van der Waals surface area contributed by atoms with Gasteiger partial charge in [0, 0.05) is 18.8 Å². The molecule has 0 bridgehead atoms. The van der Waals surface area contributed by atoms with E-state index in [1.54, 1.807) is 0 Å². The number of unbranched alkanes of at least 4 members (excludes halogenated alkanes) is 2. The Kier molecular flexibility index (Phi) is 6.63. The summed E-state index contributed by atoms with van der Waals surface area (Å²) in [5, 5.41) is 0. The summed E-state index contributed by atoms with van der Waals surface area (Å²) in [4.78, 5) is 30.5. The van der Waals surface area contributed by atoms with Gasteiger partial charge in [-0.1, -0.05) is 63.9 Å². The second-order valence-electron chi connectivity index (χ2n) is 8.95. The summed E-state index contributed by atoms with van der Waals surface area (Å²) in [6.45, 7) is 8.14. The highest BCUT2D eigenvalue weighted by Gasteiger charge is 2.42. The first kappa shape index (κ1) is 22.1. The van der Waals surface area contributed by atoms with Gasteiger partial charge in [0.05, 0.1) is 12.2 Å². The molecule has 32 heavy (non-hydrogen) atoms. The maximum Gasteiger partial charge on any atom is 0.278 e. The fourth-order valence-electron chi connectivity index (χ4n) is 4.35. The maximum absolute atomic E-state index is 13.5. The Morgan fingerprint density at radius 2 is 1.72 bits per heavy atom. The van der Waals surface area contributed by atoms with Crippen LogP contribution >= 0.6 is 0 Å². The normalized spacial score (nSPS) is 15.9. The van der Waals surface area contributed by atoms with E-state index >= 15 is 0 Å². The van der Waals surface area contributed by atoms with E-state index in [-0.39, 0.29) is 11.8 Å². The largest absolute Gasteiger partial charge is 0.493 e. The zero-order valence-electron chi connectivity index (χ0n) is 19.3. The van der Waals surface area contributed by atoms with Crippen molar-refractivity contribution in [3.8, 4) is 5.75 Å². The van der Waals surface area contributed by atoms with Gasteiger partial charge in [-0.2, -0.15) is 0 Å². The van der Waals surface area contributed by atoms with Crippen molar-refractivity contribution in [1.29, 1.82) is 0 Å². The van der Waals surface area contributed by atoms with Crippen LogP contribution < -0.4 is 9.64 Å². The molecule has 4 rings (SSSR count). The Bertz CT molecular complexity index is 1020. The van der Waals surface area contributed by atoms with Crippen LogP contribution in [-0.2, 0) is 16.0 Å². The first-order valence-electron chi connectivity index (χ1n) is 11.7. The van der Waals surface area contributed by atoms with E-state index in [1.165, 1.54) is 10.5 Å². The van der Waals surface area contributed by atoms with E-state index in [4.69, 9.17) is 4.74 Å². The number of hydrogen-bond acceptors (Lipinski definition) is 4. The molecule has 2 amide bonds. The monoisotopic (exact) mass is 432 g/mol. The van der Waals surface area contributed by atoms with Crippen LogP contribution in [0.25, 0.3) is 5.57 Å². The number of hydrogen-bond donors (Lipinski definition) is 0. The second-order valence-corrected chi connectivity index (χ2v) is 8.95. The van der Waals surface area contributed by atoms with Crippen LogP contribution in [0.3, 0.4) is 0 Å². The zero-order valence-corrected chi connectivity index (χ0v) is 19.3. The second kappa shape index (κ2) is 9.60. The molecule has 2 aromatic carbocycles. The summed E-state index contributed by atoms with van der Waals surface area (Å²) in [6.07, 6.45) is 3.73. The summed E-state index contributed by atoms with van der Waals surface area (Å²) in [5.41, 5.74) is 4.00. The molecule has 2 aromatic rings. The summed E-state index contributed by atoms with van der Waals surface area (Å²) < 4.78 is 5.80. The zero-order chi connectivity index (χ0) is 22.7. The van der Waals surface area contributed by atoms with Gasteiger partial charge in [0.2, 0.25) is 0 Å². The average Bonchev–Trinajstić information content (AvgIpc) is 3.32. The molecule has 0 saturated carbocycles. The lowest BCUT2D eigenvalue weighted by atomic mass is 10.0. The minimum absolute atomic E-state index is 0.182. The fourth-order valence-corrected chi connectivity index (χ4v) is 4.35. The molecular weight excluding hydrogens is 400 g/mol. The number of anilines is 1. The number of ether oxygens (including phenoxy) is 1. The summed E-state index contributed by atoms with van der Waals surface area (Å²) in [6, 6.07) is 15.7. The predicted octanol–water partition coefficient (Wildman–Crippen LogP) is 5.05. The molecule has 0 saturated heterocycles. The molecule has 0 fully saturated rings. The topological polar surface area (TPSA) is 49.9 Å². The minimum Gasteiger partial charge on any atom is -0.493 e. The van der Waals surface area contributed by atoms with Gasteiger partial charge in [0.25, 0.3) is 11.8 Å². The molecule has 168 valence electrons. The molecule has 0 atom stereocenters. The molecule has 0 N–H and O–H groups in total. The molecule has 5 nitrogen and oxygen atoms in total. The van der Waals surface area contributed by atoms with Crippen molar-refractivity contribution in [3.63, 3.8) is 0 Å². The van der Waals surface area contributed by atoms with Crippen molar-refractivity contribution in [2.24, 2.45) is 5.92 Å². The number of para-hydroxylation sites is 1. The molecular formula is C27H32N2O3. The van der Waals surface area contributed by atoms with Gasteiger partial charge in [-0.15, -0.1) is 0 Å². The number of nitrogens with zero attached hydrogens (tertiary/aromatic N) is 2. The standard InChI is InChI=1S/C27H32N2O3/c1-4-5-8-16-29-26(30)24(21-11-13-22(14-12-21)32-18-19(2)3)25(27(29)31)28-17-15-20-9-6-7-10-23(20)28/h6-7,9-14,19H,4-5,8,15-18H2,1-3H3. The molecule has 2 heterocycles. The van der Waals surface area contributed by atoms with Crippen molar-refractivity contribution in [3.05, 3.63) is 65.4 Å². The van der Waals surface area contributed by atoms with Gasteiger partial charge < -0.3 is 9.64 Å². The van der Waals surface area contributed by atoms with Gasteiger partial charge >= 0.3 is 0 Å². The van der Waals surface area contributed by atoms with E-state index in [9.17, 15) is 9.59 Å². The first-order chi connectivity index (χ1) is 15.5. The molecule has 0 spiro atoms. The average molecular weight is 433 g/mol. The molecule has 0 radical (unpaired) electrons. The molecule has 0 aliphatic carbocycles.